The van der Waals surface area contributed by atoms with Crippen LogP contribution in [0.2, 0.25) is 0 Å². The molecule has 0 unspecified atom stereocenters. The molecule has 2 aromatic carbocycles. The smallest absolute Gasteiger partial charge is 0.272 e. The first-order valence-corrected chi connectivity index (χ1v) is 10.9. The Labute approximate surface area is 193 Å². The van der Waals surface area contributed by atoms with Crippen molar-refractivity contribution in [3.8, 4) is 11.5 Å². The van der Waals surface area contributed by atoms with Crippen molar-refractivity contribution < 1.29 is 19.1 Å². The summed E-state index contributed by atoms with van der Waals surface area (Å²) in [6, 6.07) is 15.1. The van der Waals surface area contributed by atoms with Crippen molar-refractivity contribution in [2.75, 3.05) is 20.8 Å². The molecule has 0 bridgehead atoms. The van der Waals surface area contributed by atoms with Crippen LogP contribution in [0, 0.1) is 6.92 Å². The van der Waals surface area contributed by atoms with Crippen LogP contribution in [0.1, 0.15) is 44.1 Å². The number of methoxy groups -OCH3 is 2. The molecular weight excluding hydrogens is 420 g/mol. The summed E-state index contributed by atoms with van der Waals surface area (Å²) in [6.45, 7) is 4.04. The van der Waals surface area contributed by atoms with E-state index in [0.717, 1.165) is 17.5 Å². The van der Waals surface area contributed by atoms with Crippen LogP contribution in [0.15, 0.2) is 48.5 Å². The lowest BCUT2D eigenvalue weighted by atomic mass is 10.1. The molecule has 1 N–H and O–H groups in total. The number of hydrogen-bond donors (Lipinski definition) is 1. The molecule has 3 aromatic rings. The Morgan fingerprint density at radius 1 is 1.06 bits per heavy atom. The normalized spacial score (nSPS) is 13.3. The van der Waals surface area contributed by atoms with Crippen molar-refractivity contribution in [3.05, 3.63) is 76.6 Å². The first kappa shape index (κ1) is 22.4. The molecule has 2 heterocycles. The van der Waals surface area contributed by atoms with Gasteiger partial charge in [0.05, 0.1) is 14.2 Å². The highest BCUT2D eigenvalue weighted by atomic mass is 16.5. The summed E-state index contributed by atoms with van der Waals surface area (Å²) < 4.78 is 12.3. The standard InChI is InChI=1S/C25H28N4O4/c1-17-5-7-18(8-6-17)16-28-11-4-12-29-22(25(28)31)14-21(27-29)24(30)26-15-19-13-20(32-2)9-10-23(19)33-3/h5-10,13-14H,4,11-12,15-16H2,1-3H3,(H,26,30). The molecule has 1 aliphatic rings. The molecule has 4 rings (SSSR count). The number of carbonyl (C=O) groups is 2. The fourth-order valence-corrected chi connectivity index (χ4v) is 3.90. The van der Waals surface area contributed by atoms with Crippen LogP contribution in [0.4, 0.5) is 0 Å². The minimum absolute atomic E-state index is 0.117. The molecule has 0 atom stereocenters. The second-order valence-electron chi connectivity index (χ2n) is 8.06. The molecule has 0 fully saturated rings. The number of hydrogen-bond acceptors (Lipinski definition) is 5. The van der Waals surface area contributed by atoms with Crippen molar-refractivity contribution in [3.63, 3.8) is 0 Å². The molecule has 0 aliphatic carbocycles. The highest BCUT2D eigenvalue weighted by Gasteiger charge is 2.26. The Kier molecular flexibility index (Phi) is 6.63. The van der Waals surface area contributed by atoms with Crippen molar-refractivity contribution in [2.45, 2.75) is 33.0 Å². The summed E-state index contributed by atoms with van der Waals surface area (Å²) in [5.41, 5.74) is 3.70. The van der Waals surface area contributed by atoms with Gasteiger partial charge in [0.25, 0.3) is 11.8 Å². The predicted molar refractivity (Wildman–Crippen MR) is 123 cm³/mol. The summed E-state index contributed by atoms with van der Waals surface area (Å²) in [5.74, 6) is 0.860. The van der Waals surface area contributed by atoms with E-state index in [1.54, 1.807) is 37.1 Å². The summed E-state index contributed by atoms with van der Waals surface area (Å²) >= 11 is 0. The van der Waals surface area contributed by atoms with E-state index < -0.39 is 0 Å². The molecular formula is C25H28N4O4. The third kappa shape index (κ3) is 5.00. The molecule has 33 heavy (non-hydrogen) atoms. The van der Waals surface area contributed by atoms with Gasteiger partial charge in [-0.2, -0.15) is 5.10 Å². The molecule has 0 radical (unpaired) electrons. The van der Waals surface area contributed by atoms with Crippen LogP contribution in [0.25, 0.3) is 0 Å². The van der Waals surface area contributed by atoms with Gasteiger partial charge in [0.15, 0.2) is 5.69 Å². The van der Waals surface area contributed by atoms with Crippen molar-refractivity contribution in [1.29, 1.82) is 0 Å². The average molecular weight is 449 g/mol. The van der Waals surface area contributed by atoms with Gasteiger partial charge in [-0.25, -0.2) is 0 Å². The van der Waals surface area contributed by atoms with Crippen LogP contribution < -0.4 is 14.8 Å². The van der Waals surface area contributed by atoms with Crippen molar-refractivity contribution in [1.82, 2.24) is 20.0 Å². The average Bonchev–Trinajstić information content (AvgIpc) is 3.21. The zero-order chi connectivity index (χ0) is 23.4. The second-order valence-corrected chi connectivity index (χ2v) is 8.06. The van der Waals surface area contributed by atoms with Crippen LogP contribution in [-0.2, 0) is 19.6 Å². The third-order valence-corrected chi connectivity index (χ3v) is 5.74. The highest BCUT2D eigenvalue weighted by Crippen LogP contribution is 2.24. The van der Waals surface area contributed by atoms with Gasteiger partial charge in [-0.05, 0) is 37.1 Å². The van der Waals surface area contributed by atoms with Crippen molar-refractivity contribution in [2.24, 2.45) is 0 Å². The Morgan fingerprint density at radius 3 is 2.58 bits per heavy atom. The number of aryl methyl sites for hydroxylation is 2. The van der Waals surface area contributed by atoms with Gasteiger partial charge in [-0.3, -0.25) is 14.3 Å². The molecule has 172 valence electrons. The maximum absolute atomic E-state index is 13.2. The van der Waals surface area contributed by atoms with Gasteiger partial charge in [-0.1, -0.05) is 29.8 Å². The lowest BCUT2D eigenvalue weighted by molar-refractivity contribution is 0.0745. The summed E-state index contributed by atoms with van der Waals surface area (Å²) in [5, 5.41) is 7.27. The van der Waals surface area contributed by atoms with Gasteiger partial charge in [0, 0.05) is 37.8 Å². The number of nitrogens with zero attached hydrogens (tertiary/aromatic N) is 3. The van der Waals surface area contributed by atoms with E-state index in [4.69, 9.17) is 9.47 Å². The quantitative estimate of drug-likeness (QED) is 0.600. The number of nitrogens with one attached hydrogen (secondary N) is 1. The van der Waals surface area contributed by atoms with Crippen LogP contribution in [0.3, 0.4) is 0 Å². The van der Waals surface area contributed by atoms with E-state index in [9.17, 15) is 9.59 Å². The van der Waals surface area contributed by atoms with E-state index in [1.807, 2.05) is 42.2 Å². The van der Waals surface area contributed by atoms with E-state index in [2.05, 4.69) is 10.4 Å². The Morgan fingerprint density at radius 2 is 1.85 bits per heavy atom. The minimum Gasteiger partial charge on any atom is -0.497 e. The first-order valence-electron chi connectivity index (χ1n) is 10.9. The van der Waals surface area contributed by atoms with Crippen LogP contribution >= 0.6 is 0 Å². The summed E-state index contributed by atoms with van der Waals surface area (Å²) in [7, 11) is 3.16. The molecule has 2 amide bonds. The lowest BCUT2D eigenvalue weighted by Crippen LogP contribution is -2.30. The number of carbonyl (C=O) groups excluding carboxylic acids is 2. The molecule has 0 saturated heterocycles. The fraction of sp³-hybridized carbons (Fsp3) is 0.320. The topological polar surface area (TPSA) is 85.7 Å². The molecule has 1 aromatic heterocycles. The van der Waals surface area contributed by atoms with Crippen LogP contribution in [0.5, 0.6) is 11.5 Å². The Balaban J connectivity index is 1.47. The third-order valence-electron chi connectivity index (χ3n) is 5.74. The number of benzene rings is 2. The molecule has 0 saturated carbocycles. The number of aromatic nitrogens is 2. The number of ether oxygens (including phenoxy) is 2. The first-order chi connectivity index (χ1) is 16.0. The molecule has 8 heteroatoms. The highest BCUT2D eigenvalue weighted by molar-refractivity contribution is 5.98. The minimum atomic E-state index is -0.349. The van der Waals surface area contributed by atoms with Gasteiger partial charge in [0.1, 0.15) is 17.2 Å². The zero-order valence-electron chi connectivity index (χ0n) is 19.1. The zero-order valence-corrected chi connectivity index (χ0v) is 19.1. The maximum atomic E-state index is 13.2. The summed E-state index contributed by atoms with van der Waals surface area (Å²) in [4.78, 5) is 27.8. The molecule has 1 aliphatic heterocycles. The molecule has 8 nitrogen and oxygen atoms in total. The van der Waals surface area contributed by atoms with E-state index in [1.165, 1.54) is 5.56 Å². The number of amides is 2. The van der Waals surface area contributed by atoms with Crippen LogP contribution in [-0.4, -0.2) is 47.3 Å². The maximum Gasteiger partial charge on any atom is 0.272 e. The largest absolute Gasteiger partial charge is 0.497 e. The van der Waals surface area contributed by atoms with Crippen molar-refractivity contribution >= 4 is 11.8 Å². The number of fused-ring (bicyclic) bond motifs is 1. The Bertz CT molecular complexity index is 1150. The van der Waals surface area contributed by atoms with Gasteiger partial charge in [0.2, 0.25) is 0 Å². The van der Waals surface area contributed by atoms with Gasteiger partial charge >= 0.3 is 0 Å². The monoisotopic (exact) mass is 448 g/mol. The Hall–Kier alpha value is -3.81. The van der Waals surface area contributed by atoms with E-state index in [-0.39, 0.29) is 24.1 Å². The van der Waals surface area contributed by atoms with E-state index in [0.29, 0.717) is 36.8 Å². The fourth-order valence-electron chi connectivity index (χ4n) is 3.90. The lowest BCUT2D eigenvalue weighted by Gasteiger charge is -2.20. The molecule has 0 spiro atoms. The second kappa shape index (κ2) is 9.77. The van der Waals surface area contributed by atoms with E-state index >= 15 is 0 Å². The number of rotatable bonds is 7. The SMILES string of the molecule is COc1ccc(OC)c(CNC(=O)c2cc3n(n2)CCCN(Cc2ccc(C)cc2)C3=O)c1. The summed E-state index contributed by atoms with van der Waals surface area (Å²) in [6.07, 6.45) is 0.772. The van der Waals surface area contributed by atoms with Gasteiger partial charge < -0.3 is 19.7 Å². The van der Waals surface area contributed by atoms with Gasteiger partial charge in [-0.15, -0.1) is 0 Å². The predicted octanol–water partition coefficient (Wildman–Crippen LogP) is 3.18.